The summed E-state index contributed by atoms with van der Waals surface area (Å²) in [6, 6.07) is -0.284. The third kappa shape index (κ3) is 6.43. The fourth-order valence-electron chi connectivity index (χ4n) is 9.73. The number of rotatable bonds is 9. The van der Waals surface area contributed by atoms with Gasteiger partial charge in [-0.25, -0.2) is 9.18 Å². The summed E-state index contributed by atoms with van der Waals surface area (Å²) in [5.41, 5.74) is 2.51. The second-order valence-electron chi connectivity index (χ2n) is 14.7. The van der Waals surface area contributed by atoms with Gasteiger partial charge in [-0.3, -0.25) is 14.4 Å². The highest BCUT2D eigenvalue weighted by molar-refractivity contribution is 5.91. The van der Waals surface area contributed by atoms with Crippen LogP contribution in [-0.2, 0) is 19.2 Å². The molecule has 0 aromatic heterocycles. The monoisotopic (exact) mass is 601 g/mol. The number of carbonyl (C=O) groups excluding carboxylic acids is 3. The molecule has 4 fully saturated rings. The van der Waals surface area contributed by atoms with Crippen molar-refractivity contribution in [3.8, 4) is 0 Å². The molecule has 2 unspecified atom stereocenters. The summed E-state index contributed by atoms with van der Waals surface area (Å²) in [4.78, 5) is 44.2. The van der Waals surface area contributed by atoms with Crippen molar-refractivity contribution in [2.24, 2.45) is 39.7 Å². The van der Waals surface area contributed by atoms with Crippen LogP contribution in [0.4, 0.5) is 9.18 Å². The van der Waals surface area contributed by atoms with E-state index in [2.05, 4.69) is 24.3 Å². The van der Waals surface area contributed by atoms with E-state index in [1.807, 2.05) is 26.8 Å². The molecule has 1 amide bonds. The maximum absolute atomic E-state index is 13.4. The van der Waals surface area contributed by atoms with E-state index in [4.69, 9.17) is 9.57 Å². The quantitative estimate of drug-likeness (QED) is 0.143. The number of oxime groups is 1. The Kier molecular flexibility index (Phi) is 9.69. The number of amides is 1. The molecule has 4 aliphatic carbocycles. The molecule has 1 aliphatic heterocycles. The maximum Gasteiger partial charge on any atom is 0.436 e. The molecule has 0 spiro atoms. The van der Waals surface area contributed by atoms with Crippen LogP contribution in [0.5, 0.6) is 0 Å². The van der Waals surface area contributed by atoms with E-state index in [1.165, 1.54) is 16.9 Å². The fraction of sp³-hybridized carbons (Fsp3) is 0.824. The molecule has 0 aromatic carbocycles. The first-order chi connectivity index (χ1) is 20.5. The van der Waals surface area contributed by atoms with Crippen LogP contribution in [0.25, 0.3) is 0 Å². The summed E-state index contributed by atoms with van der Waals surface area (Å²) in [6.45, 7) is 10.1. The molecule has 3 saturated carbocycles. The average Bonchev–Trinajstić information content (AvgIpc) is 3.58. The van der Waals surface area contributed by atoms with Gasteiger partial charge in [-0.1, -0.05) is 24.6 Å². The number of esters is 1. The van der Waals surface area contributed by atoms with Gasteiger partial charge in [0, 0.05) is 24.9 Å². The van der Waals surface area contributed by atoms with Crippen LogP contribution in [-0.4, -0.2) is 66.4 Å². The minimum atomic E-state index is -0.659. The van der Waals surface area contributed by atoms with Crippen molar-refractivity contribution in [1.82, 2.24) is 10.2 Å². The summed E-state index contributed by atoms with van der Waals surface area (Å²) in [7, 11) is 0. The lowest BCUT2D eigenvalue weighted by atomic mass is 9.46. The Balaban J connectivity index is 1.17. The first-order valence-electron chi connectivity index (χ1n) is 16.7. The fourth-order valence-corrected chi connectivity index (χ4v) is 9.73. The van der Waals surface area contributed by atoms with Gasteiger partial charge in [0.25, 0.3) is 0 Å². The molecule has 43 heavy (non-hydrogen) atoms. The molecule has 240 valence electrons. The van der Waals surface area contributed by atoms with Crippen molar-refractivity contribution in [1.29, 1.82) is 0 Å². The Morgan fingerprint density at radius 2 is 1.86 bits per heavy atom. The number of nitrogens with zero attached hydrogens (tertiary/aromatic N) is 2. The highest BCUT2D eigenvalue weighted by Crippen LogP contribution is 2.66. The van der Waals surface area contributed by atoms with Crippen molar-refractivity contribution in [2.75, 3.05) is 19.8 Å². The van der Waals surface area contributed by atoms with Crippen molar-refractivity contribution in [3.63, 3.8) is 0 Å². The highest BCUT2D eigenvalue weighted by atomic mass is 19.1. The van der Waals surface area contributed by atoms with E-state index in [0.717, 1.165) is 50.7 Å². The number of hydrogen-bond donors (Lipinski definition) is 1. The Morgan fingerprint density at radius 3 is 2.60 bits per heavy atom. The summed E-state index contributed by atoms with van der Waals surface area (Å²) in [6.07, 6.45) is 11.6. The van der Waals surface area contributed by atoms with Crippen LogP contribution in [0.15, 0.2) is 16.8 Å². The summed E-state index contributed by atoms with van der Waals surface area (Å²) in [5, 5.41) is 7.66. The van der Waals surface area contributed by atoms with Gasteiger partial charge in [0.1, 0.15) is 12.7 Å². The molecular formula is C34H52FN3O5. The van der Waals surface area contributed by atoms with E-state index >= 15 is 0 Å². The average molecular weight is 602 g/mol. The minimum absolute atomic E-state index is 0.0496. The van der Waals surface area contributed by atoms with Crippen molar-refractivity contribution >= 4 is 23.6 Å². The normalized spacial score (nSPS) is 37.3. The van der Waals surface area contributed by atoms with Crippen LogP contribution in [0.3, 0.4) is 0 Å². The first kappa shape index (κ1) is 32.1. The van der Waals surface area contributed by atoms with Crippen LogP contribution in [0.2, 0.25) is 0 Å². The number of hydrogen-bond acceptors (Lipinski definition) is 7. The van der Waals surface area contributed by atoms with Gasteiger partial charge in [0.05, 0.1) is 18.4 Å². The Hall–Kier alpha value is -2.29. The first-order valence-corrected chi connectivity index (χ1v) is 16.7. The molecule has 8 atom stereocenters. The topological polar surface area (TPSA) is 97.3 Å². The lowest BCUT2D eigenvalue weighted by Gasteiger charge is -2.58. The van der Waals surface area contributed by atoms with E-state index in [-0.39, 0.29) is 47.4 Å². The zero-order valence-corrected chi connectivity index (χ0v) is 26.8. The summed E-state index contributed by atoms with van der Waals surface area (Å²) >= 11 is 0. The predicted molar refractivity (Wildman–Crippen MR) is 163 cm³/mol. The van der Waals surface area contributed by atoms with Crippen LogP contribution in [0, 0.1) is 34.5 Å². The second kappa shape index (κ2) is 13.0. The molecule has 0 radical (unpaired) electrons. The molecule has 1 N–H and O–H groups in total. The zero-order chi connectivity index (χ0) is 30.9. The number of carbonyl (C=O) groups is 3. The minimum Gasteiger partial charge on any atom is -0.462 e. The Bertz CT molecular complexity index is 1140. The van der Waals surface area contributed by atoms with Gasteiger partial charge in [-0.2, -0.15) is 0 Å². The molecule has 5 rings (SSSR count). The molecule has 1 saturated heterocycles. The van der Waals surface area contributed by atoms with Gasteiger partial charge in [-0.05, 0) is 120 Å². The van der Waals surface area contributed by atoms with Gasteiger partial charge in [-0.15, -0.1) is 0 Å². The van der Waals surface area contributed by atoms with E-state index < -0.39 is 12.8 Å². The van der Waals surface area contributed by atoms with Gasteiger partial charge < -0.3 is 15.0 Å². The molecule has 0 bridgehead atoms. The number of fused-ring (bicyclic) bond motifs is 5. The van der Waals surface area contributed by atoms with Crippen LogP contribution >= 0.6 is 0 Å². The molecular weight excluding hydrogens is 549 g/mol. The smallest absolute Gasteiger partial charge is 0.436 e. The number of alkyl halides is 1. The number of halogens is 1. The lowest BCUT2D eigenvalue weighted by Crippen LogP contribution is -2.51. The SMILES string of the molecule is C/C(=N\OC(=O)N(CCF)CCC1CCC(C(=O)OC(C)C)N1)[C@H]1CC[C@H]2[C@@H]3CCC4=CC(=O)CC[C@]4(C)[C@H]3CC[C@]12C. The largest absolute Gasteiger partial charge is 0.462 e. The maximum atomic E-state index is 13.4. The molecule has 8 nitrogen and oxygen atoms in total. The summed E-state index contributed by atoms with van der Waals surface area (Å²) in [5.74, 6) is 2.20. The van der Waals surface area contributed by atoms with Gasteiger partial charge in [0.15, 0.2) is 5.78 Å². The van der Waals surface area contributed by atoms with Crippen molar-refractivity contribution in [2.45, 2.75) is 123 Å². The molecule has 5 aliphatic rings. The van der Waals surface area contributed by atoms with Crippen LogP contribution in [0.1, 0.15) is 105 Å². The highest BCUT2D eigenvalue weighted by Gasteiger charge is 2.59. The second-order valence-corrected chi connectivity index (χ2v) is 14.7. The molecule has 9 heteroatoms. The van der Waals surface area contributed by atoms with Gasteiger partial charge in [0.2, 0.25) is 0 Å². The Labute approximate surface area is 256 Å². The molecule has 1 heterocycles. The van der Waals surface area contributed by atoms with E-state index in [1.54, 1.807) is 0 Å². The molecule has 0 aromatic rings. The van der Waals surface area contributed by atoms with Gasteiger partial charge >= 0.3 is 12.1 Å². The number of nitrogens with one attached hydrogen (secondary N) is 1. The Morgan fingerprint density at radius 1 is 1.07 bits per heavy atom. The third-order valence-electron chi connectivity index (χ3n) is 12.0. The lowest BCUT2D eigenvalue weighted by molar-refractivity contribution is -0.149. The third-order valence-corrected chi connectivity index (χ3v) is 12.0. The van der Waals surface area contributed by atoms with Crippen molar-refractivity contribution < 1.29 is 28.3 Å². The number of ketones is 1. The standard InChI is InChI=1S/C34H52FN3O5/c1-21(2)42-31(40)30-11-7-24(36-30)14-18-38(19-17-35)32(41)43-37-22(3)27-9-10-28-26-8-6-23-20-25(39)12-15-33(23,4)29(26)13-16-34(27,28)5/h20-21,24,26-30,36H,6-19H2,1-5H3/b37-22+/t24?,26-,27+,28-,29-,30?,33-,34+/m0/s1. The zero-order valence-electron chi connectivity index (χ0n) is 26.8. The van der Waals surface area contributed by atoms with Crippen molar-refractivity contribution in [3.05, 3.63) is 11.6 Å². The number of allylic oxidation sites excluding steroid dienone is 1. The predicted octanol–water partition coefficient (Wildman–Crippen LogP) is 6.38. The summed E-state index contributed by atoms with van der Waals surface area (Å²) < 4.78 is 18.7. The van der Waals surface area contributed by atoms with E-state index in [0.29, 0.717) is 49.3 Å². The van der Waals surface area contributed by atoms with E-state index in [9.17, 15) is 18.8 Å². The number of ether oxygens (including phenoxy) is 1. The van der Waals surface area contributed by atoms with Crippen LogP contribution < -0.4 is 5.32 Å².